The number of ketones is 6. The minimum absolute atomic E-state index is 0.0592. The predicted octanol–water partition coefficient (Wildman–Crippen LogP) is 5.40. The van der Waals surface area contributed by atoms with Gasteiger partial charge in [-0.05, 0) is 12.3 Å². The van der Waals surface area contributed by atoms with Gasteiger partial charge < -0.3 is 0 Å². The lowest BCUT2D eigenvalue weighted by Crippen LogP contribution is -2.36. The van der Waals surface area contributed by atoms with E-state index >= 15 is 0 Å². The molecule has 1 aromatic carbocycles. The van der Waals surface area contributed by atoms with Crippen LogP contribution < -0.4 is 0 Å². The largest absolute Gasteiger partial charge is 0.299 e. The van der Waals surface area contributed by atoms with E-state index in [-0.39, 0.29) is 61.2 Å². The van der Waals surface area contributed by atoms with Crippen molar-refractivity contribution in [2.75, 3.05) is 0 Å². The highest BCUT2D eigenvalue weighted by molar-refractivity contribution is 6.12. The molecule has 192 valence electrons. The van der Waals surface area contributed by atoms with Crippen molar-refractivity contribution in [1.29, 1.82) is 0 Å². The van der Waals surface area contributed by atoms with E-state index in [2.05, 4.69) is 0 Å². The van der Waals surface area contributed by atoms with Crippen molar-refractivity contribution < 1.29 is 28.8 Å². The second-order valence-electron chi connectivity index (χ2n) is 11.5. The van der Waals surface area contributed by atoms with Crippen LogP contribution in [0.3, 0.4) is 0 Å². The van der Waals surface area contributed by atoms with E-state index in [0.717, 1.165) is 0 Å². The van der Waals surface area contributed by atoms with E-state index in [9.17, 15) is 28.8 Å². The second-order valence-corrected chi connectivity index (χ2v) is 11.5. The Morgan fingerprint density at radius 3 is 1.83 bits per heavy atom. The summed E-state index contributed by atoms with van der Waals surface area (Å²) in [6.07, 6.45) is -0.552. The summed E-state index contributed by atoms with van der Waals surface area (Å²) in [6.45, 7) is 12.3. The van der Waals surface area contributed by atoms with Crippen LogP contribution in [0.25, 0.3) is 0 Å². The van der Waals surface area contributed by atoms with Gasteiger partial charge in [0.05, 0.1) is 18.8 Å². The zero-order valence-corrected chi connectivity index (χ0v) is 22.2. The van der Waals surface area contributed by atoms with Crippen molar-refractivity contribution in [2.45, 2.75) is 87.0 Å². The summed E-state index contributed by atoms with van der Waals surface area (Å²) in [7, 11) is 0. The van der Waals surface area contributed by atoms with Gasteiger partial charge in [0.25, 0.3) is 0 Å². The standard InChI is InChI=1S/C29H40O6/c1-19(2)15-22(31)16-21(30)13-14-24(32)23(27(35)20-11-9-8-10-12-20)18-29(6,7)26(34)17-25(33)28(3,4)5/h8-12,19,23H,13-18H2,1-7H3. The van der Waals surface area contributed by atoms with Gasteiger partial charge in [0, 0.05) is 35.7 Å². The number of hydrogen-bond acceptors (Lipinski definition) is 6. The summed E-state index contributed by atoms with van der Waals surface area (Å²) in [5, 5.41) is 0. The van der Waals surface area contributed by atoms with E-state index in [0.29, 0.717) is 12.0 Å². The second kappa shape index (κ2) is 12.8. The molecule has 1 atom stereocenters. The van der Waals surface area contributed by atoms with E-state index in [1.54, 1.807) is 65.0 Å². The monoisotopic (exact) mass is 484 g/mol. The van der Waals surface area contributed by atoms with Crippen LogP contribution >= 0.6 is 0 Å². The normalized spacial score (nSPS) is 12.8. The topological polar surface area (TPSA) is 102 Å². The molecule has 0 saturated heterocycles. The van der Waals surface area contributed by atoms with Gasteiger partial charge in [0.15, 0.2) is 5.78 Å². The molecule has 0 fully saturated rings. The first-order valence-corrected chi connectivity index (χ1v) is 12.3. The Labute approximate surface area is 209 Å². The van der Waals surface area contributed by atoms with Crippen molar-refractivity contribution in [2.24, 2.45) is 22.7 Å². The number of carbonyl (C=O) groups is 6. The molecule has 35 heavy (non-hydrogen) atoms. The molecule has 0 aliphatic rings. The van der Waals surface area contributed by atoms with Gasteiger partial charge in [-0.25, -0.2) is 0 Å². The van der Waals surface area contributed by atoms with Crippen molar-refractivity contribution in [1.82, 2.24) is 0 Å². The molecule has 0 saturated carbocycles. The van der Waals surface area contributed by atoms with Crippen molar-refractivity contribution in [3.63, 3.8) is 0 Å². The van der Waals surface area contributed by atoms with Crippen LogP contribution in [-0.2, 0) is 24.0 Å². The molecule has 1 unspecified atom stereocenters. The maximum absolute atomic E-state index is 13.3. The number of carbonyl (C=O) groups excluding carboxylic acids is 6. The molecule has 0 aromatic heterocycles. The van der Waals surface area contributed by atoms with Gasteiger partial charge in [-0.2, -0.15) is 0 Å². The zero-order chi connectivity index (χ0) is 27.0. The Morgan fingerprint density at radius 2 is 1.31 bits per heavy atom. The minimum Gasteiger partial charge on any atom is -0.299 e. The van der Waals surface area contributed by atoms with Crippen LogP contribution in [0.4, 0.5) is 0 Å². The lowest BCUT2D eigenvalue weighted by Gasteiger charge is -2.28. The Hall–Kier alpha value is -2.76. The Kier molecular flexibility index (Phi) is 11.1. The highest BCUT2D eigenvalue weighted by Crippen LogP contribution is 2.32. The number of Topliss-reactive ketones (excluding diaryl/α,β-unsaturated/α-hetero) is 6. The van der Waals surface area contributed by atoms with Crippen LogP contribution in [0.1, 0.15) is 97.3 Å². The molecule has 1 aromatic rings. The molecule has 6 heteroatoms. The fourth-order valence-corrected chi connectivity index (χ4v) is 3.70. The first-order chi connectivity index (χ1) is 16.0. The van der Waals surface area contributed by atoms with Gasteiger partial charge in [0.1, 0.15) is 28.9 Å². The highest BCUT2D eigenvalue weighted by atomic mass is 16.2. The summed E-state index contributed by atoms with van der Waals surface area (Å²) in [6, 6.07) is 8.35. The fourth-order valence-electron chi connectivity index (χ4n) is 3.70. The lowest BCUT2D eigenvalue weighted by atomic mass is 9.72. The van der Waals surface area contributed by atoms with Gasteiger partial charge >= 0.3 is 0 Å². The molecule has 6 nitrogen and oxygen atoms in total. The van der Waals surface area contributed by atoms with Gasteiger partial charge in [0.2, 0.25) is 0 Å². The average Bonchev–Trinajstić information content (AvgIpc) is 2.74. The summed E-state index contributed by atoms with van der Waals surface area (Å²) in [4.78, 5) is 76.0. The third-order valence-corrected chi connectivity index (χ3v) is 6.07. The maximum atomic E-state index is 13.3. The lowest BCUT2D eigenvalue weighted by molar-refractivity contribution is -0.137. The third-order valence-electron chi connectivity index (χ3n) is 6.07. The van der Waals surface area contributed by atoms with Crippen molar-refractivity contribution in [3.05, 3.63) is 35.9 Å². The van der Waals surface area contributed by atoms with Crippen molar-refractivity contribution >= 4 is 34.7 Å². The summed E-state index contributed by atoms with van der Waals surface area (Å²) in [5.74, 6) is -2.86. The molecule has 0 N–H and O–H groups in total. The van der Waals surface area contributed by atoms with E-state index in [1.165, 1.54) is 0 Å². The number of rotatable bonds is 15. The van der Waals surface area contributed by atoms with Gasteiger partial charge in [-0.1, -0.05) is 78.8 Å². The van der Waals surface area contributed by atoms with Crippen LogP contribution in [0.2, 0.25) is 0 Å². The van der Waals surface area contributed by atoms with Crippen LogP contribution in [0, 0.1) is 22.7 Å². The quantitative estimate of drug-likeness (QED) is 0.244. The third kappa shape index (κ3) is 10.2. The van der Waals surface area contributed by atoms with Gasteiger partial charge in [-0.15, -0.1) is 0 Å². The SMILES string of the molecule is CC(C)CC(=O)CC(=O)CCC(=O)C(CC(C)(C)C(=O)CC(=O)C(C)(C)C)C(=O)c1ccccc1. The Morgan fingerprint density at radius 1 is 0.743 bits per heavy atom. The van der Waals surface area contributed by atoms with E-state index in [1.807, 2.05) is 13.8 Å². The molecule has 0 aliphatic heterocycles. The predicted molar refractivity (Wildman–Crippen MR) is 135 cm³/mol. The molecular formula is C29H40O6. The van der Waals surface area contributed by atoms with Gasteiger partial charge in [-0.3, -0.25) is 28.8 Å². The highest BCUT2D eigenvalue weighted by Gasteiger charge is 2.39. The Balaban J connectivity index is 3.03. The molecule has 0 aliphatic carbocycles. The van der Waals surface area contributed by atoms with E-state index < -0.39 is 28.3 Å². The summed E-state index contributed by atoms with van der Waals surface area (Å²) in [5.41, 5.74) is -1.42. The molecule has 0 radical (unpaired) electrons. The van der Waals surface area contributed by atoms with Crippen LogP contribution in [0.5, 0.6) is 0 Å². The number of hydrogen-bond donors (Lipinski definition) is 0. The number of benzene rings is 1. The summed E-state index contributed by atoms with van der Waals surface area (Å²) < 4.78 is 0. The van der Waals surface area contributed by atoms with Crippen molar-refractivity contribution in [3.8, 4) is 0 Å². The average molecular weight is 485 g/mol. The summed E-state index contributed by atoms with van der Waals surface area (Å²) >= 11 is 0. The van der Waals surface area contributed by atoms with Crippen LogP contribution in [-0.4, -0.2) is 34.7 Å². The van der Waals surface area contributed by atoms with Crippen LogP contribution in [0.15, 0.2) is 30.3 Å². The minimum atomic E-state index is -1.12. The fraction of sp³-hybridized carbons (Fsp3) is 0.586. The Bertz CT molecular complexity index is 947. The molecule has 0 amide bonds. The molecule has 0 bridgehead atoms. The smallest absolute Gasteiger partial charge is 0.173 e. The first kappa shape index (κ1) is 30.3. The maximum Gasteiger partial charge on any atom is 0.173 e. The zero-order valence-electron chi connectivity index (χ0n) is 22.2. The molecule has 1 rings (SSSR count). The molecule has 0 spiro atoms. The van der Waals surface area contributed by atoms with E-state index in [4.69, 9.17) is 0 Å². The first-order valence-electron chi connectivity index (χ1n) is 12.3. The molecule has 0 heterocycles. The molecular weight excluding hydrogens is 444 g/mol.